The zero-order valence-corrected chi connectivity index (χ0v) is 40.6. The van der Waals surface area contributed by atoms with Gasteiger partial charge in [-0.15, -0.1) is 0 Å². The SMILES string of the molecule is c1ccc(-c2ccccc2-c2ccc3c(c2)c2cc(-c4ccccc4-n4c5ccc(-c6ccccc6-c6ccccc6)cc5c5cc(-c6ccccc6-c6ccccc6)ccc54)ccc2n3-c2ccccc2)cc1. The number of hydrogen-bond acceptors (Lipinski definition) is 0. The Labute approximate surface area is 431 Å². The molecule has 0 N–H and O–H groups in total. The second-order valence-corrected chi connectivity index (χ2v) is 19.2. The fraction of sp³-hybridized carbons (Fsp3) is 0. The van der Waals surface area contributed by atoms with Crippen LogP contribution in [0.1, 0.15) is 0 Å². The fourth-order valence-electron chi connectivity index (χ4n) is 11.6. The van der Waals surface area contributed by atoms with Gasteiger partial charge in [-0.25, -0.2) is 0 Å². The molecule has 346 valence electrons. The summed E-state index contributed by atoms with van der Waals surface area (Å²) in [5.41, 5.74) is 23.7. The van der Waals surface area contributed by atoms with E-state index in [2.05, 4.69) is 300 Å². The topological polar surface area (TPSA) is 9.86 Å². The molecule has 2 nitrogen and oxygen atoms in total. The van der Waals surface area contributed by atoms with Gasteiger partial charge in [0.15, 0.2) is 0 Å². The van der Waals surface area contributed by atoms with E-state index in [-0.39, 0.29) is 0 Å². The van der Waals surface area contributed by atoms with E-state index in [0.717, 1.165) is 33.5 Å². The predicted octanol–water partition coefficient (Wildman–Crippen LogP) is 19.5. The first-order chi connectivity index (χ1) is 36.7. The monoisotopic (exact) mass is 940 g/mol. The van der Waals surface area contributed by atoms with Gasteiger partial charge in [0.2, 0.25) is 0 Å². The zero-order chi connectivity index (χ0) is 49.0. The summed E-state index contributed by atoms with van der Waals surface area (Å²) in [5, 5.41) is 4.84. The molecule has 14 aromatic rings. The normalized spacial score (nSPS) is 11.5. The molecule has 0 radical (unpaired) electrons. The second-order valence-electron chi connectivity index (χ2n) is 19.2. The molecule has 2 aromatic heterocycles. The molecule has 0 spiro atoms. The molecule has 14 rings (SSSR count). The van der Waals surface area contributed by atoms with E-state index in [9.17, 15) is 0 Å². The van der Waals surface area contributed by atoms with Crippen LogP contribution in [0.15, 0.2) is 291 Å². The number of fused-ring (bicyclic) bond motifs is 6. The highest BCUT2D eigenvalue weighted by molar-refractivity contribution is 6.14. The van der Waals surface area contributed by atoms with E-state index in [4.69, 9.17) is 0 Å². The summed E-state index contributed by atoms with van der Waals surface area (Å²) in [5.74, 6) is 0. The van der Waals surface area contributed by atoms with Crippen molar-refractivity contribution in [3.8, 4) is 89.3 Å². The maximum atomic E-state index is 2.50. The van der Waals surface area contributed by atoms with Gasteiger partial charge in [0, 0.05) is 32.8 Å². The van der Waals surface area contributed by atoms with Crippen LogP contribution in [0.4, 0.5) is 0 Å². The Kier molecular flexibility index (Phi) is 10.6. The third-order valence-corrected chi connectivity index (χ3v) is 15.0. The van der Waals surface area contributed by atoms with Crippen molar-refractivity contribution in [2.75, 3.05) is 0 Å². The largest absolute Gasteiger partial charge is 0.309 e. The van der Waals surface area contributed by atoms with Gasteiger partial charge in [-0.1, -0.05) is 224 Å². The van der Waals surface area contributed by atoms with E-state index in [1.807, 2.05) is 0 Å². The van der Waals surface area contributed by atoms with Gasteiger partial charge in [-0.05, 0) is 139 Å². The van der Waals surface area contributed by atoms with Gasteiger partial charge in [-0.2, -0.15) is 0 Å². The third kappa shape index (κ3) is 7.35. The highest BCUT2D eigenvalue weighted by Crippen LogP contribution is 2.44. The van der Waals surface area contributed by atoms with Gasteiger partial charge in [0.25, 0.3) is 0 Å². The van der Waals surface area contributed by atoms with Crippen LogP contribution in [0, 0.1) is 0 Å². The van der Waals surface area contributed by atoms with Crippen molar-refractivity contribution in [1.82, 2.24) is 9.13 Å². The minimum absolute atomic E-state index is 1.13. The maximum absolute atomic E-state index is 2.50. The quantitative estimate of drug-likeness (QED) is 0.136. The molecule has 2 heteroatoms. The van der Waals surface area contributed by atoms with Gasteiger partial charge < -0.3 is 9.13 Å². The van der Waals surface area contributed by atoms with Crippen LogP contribution in [0.25, 0.3) is 133 Å². The first-order valence-corrected chi connectivity index (χ1v) is 25.5. The zero-order valence-electron chi connectivity index (χ0n) is 40.6. The number of hydrogen-bond donors (Lipinski definition) is 0. The van der Waals surface area contributed by atoms with Crippen molar-refractivity contribution in [1.29, 1.82) is 0 Å². The number of aromatic nitrogens is 2. The van der Waals surface area contributed by atoms with Gasteiger partial charge in [0.05, 0.1) is 27.8 Å². The predicted molar refractivity (Wildman–Crippen MR) is 313 cm³/mol. The average Bonchev–Trinajstić information content (AvgIpc) is 4.00. The highest BCUT2D eigenvalue weighted by atomic mass is 15.0. The third-order valence-electron chi connectivity index (χ3n) is 15.0. The Bertz CT molecular complexity index is 4250. The molecule has 74 heavy (non-hydrogen) atoms. The average molecular weight is 941 g/mol. The van der Waals surface area contributed by atoms with E-state index in [0.29, 0.717) is 0 Å². The lowest BCUT2D eigenvalue weighted by Crippen LogP contribution is -1.97. The molecule has 0 saturated heterocycles. The maximum Gasteiger partial charge on any atom is 0.0541 e. The molecular formula is C72H48N2. The van der Waals surface area contributed by atoms with Gasteiger partial charge in [-0.3, -0.25) is 0 Å². The van der Waals surface area contributed by atoms with Gasteiger partial charge >= 0.3 is 0 Å². The Balaban J connectivity index is 0.984. The number of nitrogens with zero attached hydrogens (tertiary/aromatic N) is 2. The van der Waals surface area contributed by atoms with Crippen molar-refractivity contribution >= 4 is 43.6 Å². The molecule has 2 heterocycles. The van der Waals surface area contributed by atoms with Crippen LogP contribution in [0.2, 0.25) is 0 Å². The Morgan fingerprint density at radius 3 is 0.784 bits per heavy atom. The Hall–Kier alpha value is -9.76. The van der Waals surface area contributed by atoms with Crippen LogP contribution in [0.3, 0.4) is 0 Å². The molecule has 0 bridgehead atoms. The number of rotatable bonds is 9. The molecule has 0 amide bonds. The molecule has 0 saturated carbocycles. The molecule has 12 aromatic carbocycles. The van der Waals surface area contributed by atoms with Crippen LogP contribution in [-0.4, -0.2) is 9.13 Å². The van der Waals surface area contributed by atoms with Crippen molar-refractivity contribution in [3.63, 3.8) is 0 Å². The summed E-state index contributed by atoms with van der Waals surface area (Å²) in [6, 6.07) is 107. The van der Waals surface area contributed by atoms with E-state index >= 15 is 0 Å². The summed E-state index contributed by atoms with van der Waals surface area (Å²) in [6.45, 7) is 0. The molecule has 0 aliphatic rings. The number of para-hydroxylation sites is 2. The second kappa shape index (κ2) is 18.1. The van der Waals surface area contributed by atoms with E-state index in [1.165, 1.54) is 99.3 Å². The summed E-state index contributed by atoms with van der Waals surface area (Å²) in [6.07, 6.45) is 0. The minimum atomic E-state index is 1.13. The van der Waals surface area contributed by atoms with Crippen molar-refractivity contribution in [3.05, 3.63) is 291 Å². The standard InChI is InChI=1S/C72H48N2/c1-5-21-49(22-6-1)57-29-13-16-32-60(57)52-37-41-69-64(45-52)65-48-55(40-42-70(65)73(69)56-27-11-4-12-28-56)63-35-19-20-36-68(63)74-71-43-38-53(61-33-17-14-30-58(61)50-23-7-2-8-24-50)46-66(71)67-47-54(39-44-72(67)74)62-34-18-15-31-59(62)51-25-9-3-10-26-51/h1-48H. The first-order valence-electron chi connectivity index (χ1n) is 25.5. The lowest BCUT2D eigenvalue weighted by molar-refractivity contribution is 1.18. The Morgan fingerprint density at radius 2 is 0.432 bits per heavy atom. The molecule has 0 aliphatic carbocycles. The summed E-state index contributed by atoms with van der Waals surface area (Å²) in [7, 11) is 0. The summed E-state index contributed by atoms with van der Waals surface area (Å²) < 4.78 is 4.91. The minimum Gasteiger partial charge on any atom is -0.309 e. The fourth-order valence-corrected chi connectivity index (χ4v) is 11.6. The lowest BCUT2D eigenvalue weighted by atomic mass is 9.92. The van der Waals surface area contributed by atoms with Crippen LogP contribution >= 0.6 is 0 Å². The number of benzene rings is 12. The molecule has 0 atom stereocenters. The van der Waals surface area contributed by atoms with Crippen molar-refractivity contribution < 1.29 is 0 Å². The van der Waals surface area contributed by atoms with E-state index in [1.54, 1.807) is 0 Å². The molecule has 0 fully saturated rings. The first kappa shape index (κ1) is 43.1. The van der Waals surface area contributed by atoms with Crippen LogP contribution in [0.5, 0.6) is 0 Å². The molecule has 0 unspecified atom stereocenters. The van der Waals surface area contributed by atoms with Crippen molar-refractivity contribution in [2.24, 2.45) is 0 Å². The molecular weight excluding hydrogens is 893 g/mol. The smallest absolute Gasteiger partial charge is 0.0541 e. The van der Waals surface area contributed by atoms with Gasteiger partial charge in [0.1, 0.15) is 0 Å². The summed E-state index contributed by atoms with van der Waals surface area (Å²) in [4.78, 5) is 0. The molecule has 0 aliphatic heterocycles. The highest BCUT2D eigenvalue weighted by Gasteiger charge is 2.21. The van der Waals surface area contributed by atoms with Crippen LogP contribution in [-0.2, 0) is 0 Å². The van der Waals surface area contributed by atoms with Crippen molar-refractivity contribution in [2.45, 2.75) is 0 Å². The van der Waals surface area contributed by atoms with Crippen LogP contribution < -0.4 is 0 Å². The lowest BCUT2D eigenvalue weighted by Gasteiger charge is -2.15. The Morgan fingerprint density at radius 1 is 0.176 bits per heavy atom. The van der Waals surface area contributed by atoms with E-state index < -0.39 is 0 Å². The summed E-state index contributed by atoms with van der Waals surface area (Å²) >= 11 is 0.